The first-order chi connectivity index (χ1) is 21.8. The first-order valence-corrected chi connectivity index (χ1v) is 15.3. The van der Waals surface area contributed by atoms with Gasteiger partial charge in [-0.3, -0.25) is 0 Å². The Morgan fingerprint density at radius 2 is 1.00 bits per heavy atom. The van der Waals surface area contributed by atoms with E-state index in [2.05, 4.69) is 66.7 Å². The smallest absolute Gasteiger partial charge is 0.164 e. The van der Waals surface area contributed by atoms with Gasteiger partial charge in [-0.2, -0.15) is 0 Å². The summed E-state index contributed by atoms with van der Waals surface area (Å²) in [5.74, 6) is 1.98. The third kappa shape index (κ3) is 4.09. The molecule has 0 aliphatic carbocycles. The van der Waals surface area contributed by atoms with E-state index in [1.54, 1.807) is 0 Å². The highest BCUT2D eigenvalue weighted by atomic mass is 32.1. The lowest BCUT2D eigenvalue weighted by Crippen LogP contribution is -2.00. The highest BCUT2D eigenvalue weighted by molar-refractivity contribution is 7.26. The summed E-state index contributed by atoms with van der Waals surface area (Å²) < 4.78 is 8.58. The summed E-state index contributed by atoms with van der Waals surface area (Å²) >= 11 is 1.82. The largest absolute Gasteiger partial charge is 0.456 e. The second-order valence-electron chi connectivity index (χ2n) is 10.8. The van der Waals surface area contributed by atoms with Crippen LogP contribution in [0.1, 0.15) is 0 Å². The molecule has 206 valence electrons. The van der Waals surface area contributed by atoms with Gasteiger partial charge in [0, 0.05) is 47.6 Å². The number of hydrogen-bond donors (Lipinski definition) is 0. The molecular formula is C39H23N3OS. The number of thiophene rings is 1. The van der Waals surface area contributed by atoms with Crippen molar-refractivity contribution < 1.29 is 4.42 Å². The summed E-state index contributed by atoms with van der Waals surface area (Å²) in [5, 5.41) is 4.70. The van der Waals surface area contributed by atoms with E-state index in [1.165, 1.54) is 31.3 Å². The summed E-state index contributed by atoms with van der Waals surface area (Å²) in [5.41, 5.74) is 7.10. The van der Waals surface area contributed by atoms with E-state index in [0.717, 1.165) is 38.6 Å². The summed E-state index contributed by atoms with van der Waals surface area (Å²) in [6.07, 6.45) is 0. The minimum atomic E-state index is 0.660. The van der Waals surface area contributed by atoms with E-state index >= 15 is 0 Å². The molecule has 4 nitrogen and oxygen atoms in total. The number of aromatic nitrogens is 3. The van der Waals surface area contributed by atoms with Crippen LogP contribution in [0.5, 0.6) is 0 Å². The van der Waals surface area contributed by atoms with Gasteiger partial charge in [0.05, 0.1) is 0 Å². The minimum Gasteiger partial charge on any atom is -0.456 e. The third-order valence-corrected chi connectivity index (χ3v) is 9.36. The van der Waals surface area contributed by atoms with Crippen LogP contribution >= 0.6 is 11.3 Å². The molecule has 0 saturated carbocycles. The van der Waals surface area contributed by atoms with Gasteiger partial charge in [0.2, 0.25) is 0 Å². The van der Waals surface area contributed by atoms with Crippen LogP contribution in [0, 0.1) is 0 Å². The van der Waals surface area contributed by atoms with Gasteiger partial charge in [0.15, 0.2) is 17.5 Å². The monoisotopic (exact) mass is 581 g/mol. The fourth-order valence-corrected chi connectivity index (χ4v) is 7.21. The Balaban J connectivity index is 1.21. The Bertz CT molecular complexity index is 2440. The number of fused-ring (bicyclic) bond motifs is 6. The van der Waals surface area contributed by atoms with Crippen molar-refractivity contribution in [1.29, 1.82) is 0 Å². The Morgan fingerprint density at radius 3 is 1.75 bits per heavy atom. The highest BCUT2D eigenvalue weighted by Crippen LogP contribution is 2.42. The van der Waals surface area contributed by atoms with Gasteiger partial charge in [0.1, 0.15) is 11.2 Å². The zero-order chi connectivity index (χ0) is 29.0. The van der Waals surface area contributed by atoms with E-state index in [4.69, 9.17) is 19.4 Å². The lowest BCUT2D eigenvalue weighted by Gasteiger charge is -2.08. The molecule has 0 aliphatic rings. The molecule has 0 atom stereocenters. The molecule has 3 heterocycles. The topological polar surface area (TPSA) is 51.8 Å². The van der Waals surface area contributed by atoms with E-state index < -0.39 is 0 Å². The number of para-hydroxylation sites is 1. The molecule has 0 N–H and O–H groups in total. The second-order valence-corrected chi connectivity index (χ2v) is 11.9. The predicted molar refractivity (Wildman–Crippen MR) is 182 cm³/mol. The molecular weight excluding hydrogens is 559 g/mol. The van der Waals surface area contributed by atoms with Crippen LogP contribution < -0.4 is 0 Å². The summed E-state index contributed by atoms with van der Waals surface area (Å²) in [4.78, 5) is 14.8. The zero-order valence-corrected chi connectivity index (χ0v) is 24.3. The van der Waals surface area contributed by atoms with Crippen LogP contribution in [-0.2, 0) is 0 Å². The third-order valence-electron chi connectivity index (χ3n) is 8.14. The van der Waals surface area contributed by atoms with Crippen molar-refractivity contribution in [2.75, 3.05) is 0 Å². The molecule has 0 unspecified atom stereocenters. The Kier molecular flexibility index (Phi) is 5.64. The number of hydrogen-bond acceptors (Lipinski definition) is 5. The second kappa shape index (κ2) is 9.97. The number of benzene rings is 6. The lowest BCUT2D eigenvalue weighted by atomic mass is 10.00. The van der Waals surface area contributed by atoms with Crippen molar-refractivity contribution in [3.63, 3.8) is 0 Å². The maximum absolute atomic E-state index is 6.09. The maximum Gasteiger partial charge on any atom is 0.164 e. The molecule has 9 rings (SSSR count). The molecule has 44 heavy (non-hydrogen) atoms. The molecule has 5 heteroatoms. The first-order valence-electron chi connectivity index (χ1n) is 14.5. The molecule has 0 saturated heterocycles. The highest BCUT2D eigenvalue weighted by Gasteiger charge is 2.16. The SMILES string of the molecule is c1ccc(-c2nc(-c3ccccc3)nc(-c3ccc4sc5c(-c6ccc7oc8ccccc8c7c6)cccc5c4c3)n2)cc1. The Hall–Kier alpha value is -5.65. The first kappa shape index (κ1) is 24.9. The van der Waals surface area contributed by atoms with Crippen LogP contribution in [0.25, 0.3) is 87.4 Å². The molecule has 0 amide bonds. The molecule has 0 radical (unpaired) electrons. The van der Waals surface area contributed by atoms with Crippen LogP contribution in [0.15, 0.2) is 144 Å². The Morgan fingerprint density at radius 1 is 0.409 bits per heavy atom. The van der Waals surface area contributed by atoms with E-state index in [1.807, 2.05) is 84.1 Å². The minimum absolute atomic E-state index is 0.660. The average Bonchev–Trinajstić information content (AvgIpc) is 3.66. The van der Waals surface area contributed by atoms with Crippen molar-refractivity contribution in [3.8, 4) is 45.3 Å². The van der Waals surface area contributed by atoms with Crippen LogP contribution in [-0.4, -0.2) is 15.0 Å². The molecule has 6 aromatic carbocycles. The van der Waals surface area contributed by atoms with Crippen molar-refractivity contribution in [2.24, 2.45) is 0 Å². The van der Waals surface area contributed by atoms with Gasteiger partial charge in [0.25, 0.3) is 0 Å². The molecule has 9 aromatic rings. The molecule has 0 fully saturated rings. The predicted octanol–water partition coefficient (Wildman–Crippen LogP) is 10.8. The van der Waals surface area contributed by atoms with Crippen LogP contribution in [0.4, 0.5) is 0 Å². The van der Waals surface area contributed by atoms with Gasteiger partial charge in [-0.15, -0.1) is 11.3 Å². The van der Waals surface area contributed by atoms with E-state index in [-0.39, 0.29) is 0 Å². The van der Waals surface area contributed by atoms with Gasteiger partial charge >= 0.3 is 0 Å². The van der Waals surface area contributed by atoms with Gasteiger partial charge in [-0.25, -0.2) is 15.0 Å². The van der Waals surface area contributed by atoms with Gasteiger partial charge in [-0.05, 0) is 47.5 Å². The number of nitrogens with zero attached hydrogens (tertiary/aromatic N) is 3. The fourth-order valence-electron chi connectivity index (χ4n) is 6.00. The van der Waals surface area contributed by atoms with E-state index in [0.29, 0.717) is 17.5 Å². The Labute approximate surface area is 256 Å². The average molecular weight is 582 g/mol. The molecule has 0 aliphatic heterocycles. The quantitative estimate of drug-likeness (QED) is 0.207. The van der Waals surface area contributed by atoms with Gasteiger partial charge in [-0.1, -0.05) is 103 Å². The molecule has 3 aromatic heterocycles. The van der Waals surface area contributed by atoms with E-state index in [9.17, 15) is 0 Å². The maximum atomic E-state index is 6.09. The molecule has 0 bridgehead atoms. The standard InChI is InChI=1S/C39H23N3OS/c1-3-10-24(11-4-1)37-40-38(25-12-5-2-6-13-25)42-39(41-37)27-19-21-35-32(23-27)30-16-9-15-28(36(30)44-35)26-18-20-34-31(22-26)29-14-7-8-17-33(29)43-34/h1-23H. The van der Waals surface area contributed by atoms with Crippen LogP contribution in [0.2, 0.25) is 0 Å². The lowest BCUT2D eigenvalue weighted by molar-refractivity contribution is 0.669. The van der Waals surface area contributed by atoms with Crippen molar-refractivity contribution in [1.82, 2.24) is 15.0 Å². The van der Waals surface area contributed by atoms with Crippen molar-refractivity contribution >= 4 is 53.4 Å². The van der Waals surface area contributed by atoms with Gasteiger partial charge < -0.3 is 4.42 Å². The van der Waals surface area contributed by atoms with Crippen LogP contribution in [0.3, 0.4) is 0 Å². The summed E-state index contributed by atoms with van der Waals surface area (Å²) in [7, 11) is 0. The normalized spacial score (nSPS) is 11.6. The fraction of sp³-hybridized carbons (Fsp3) is 0. The van der Waals surface area contributed by atoms with Crippen molar-refractivity contribution in [3.05, 3.63) is 140 Å². The van der Waals surface area contributed by atoms with Crippen molar-refractivity contribution in [2.45, 2.75) is 0 Å². The number of furan rings is 1. The number of rotatable bonds is 4. The molecule has 0 spiro atoms. The summed E-state index contributed by atoms with van der Waals surface area (Å²) in [6, 6.07) is 48.0. The zero-order valence-electron chi connectivity index (χ0n) is 23.4. The summed E-state index contributed by atoms with van der Waals surface area (Å²) in [6.45, 7) is 0.